The van der Waals surface area contributed by atoms with Crippen molar-refractivity contribution in [2.45, 2.75) is 18.4 Å². The molecule has 2 heterocycles. The fraction of sp³-hybridized carbons (Fsp3) is 0.357. The normalized spacial score (nSPS) is 19.6. The van der Waals surface area contributed by atoms with E-state index in [1.165, 1.54) is 5.56 Å². The van der Waals surface area contributed by atoms with Crippen molar-refractivity contribution in [2.24, 2.45) is 12.9 Å². The van der Waals surface area contributed by atoms with Crippen LogP contribution in [0.3, 0.4) is 0 Å². The van der Waals surface area contributed by atoms with Crippen molar-refractivity contribution in [2.75, 3.05) is 6.61 Å². The molecular weight excluding hydrogens is 240 g/mol. The zero-order valence-corrected chi connectivity index (χ0v) is 10.9. The number of ether oxygens (including phenoxy) is 1. The number of nitrogens with two attached hydrogens (primary N) is 1. The maximum absolute atomic E-state index is 5.76. The minimum absolute atomic E-state index is 0.00579. The van der Waals surface area contributed by atoms with E-state index in [9.17, 15) is 0 Å². The van der Waals surface area contributed by atoms with Crippen LogP contribution < -0.4 is 16.0 Å². The summed E-state index contributed by atoms with van der Waals surface area (Å²) >= 11 is 0. The number of hydrazine groups is 1. The van der Waals surface area contributed by atoms with Crippen molar-refractivity contribution in [3.05, 3.63) is 47.8 Å². The van der Waals surface area contributed by atoms with Gasteiger partial charge in [0.05, 0.1) is 18.3 Å². The second kappa shape index (κ2) is 5.03. The first-order chi connectivity index (χ1) is 9.29. The Morgan fingerprint density at radius 3 is 3.00 bits per heavy atom. The molecule has 19 heavy (non-hydrogen) atoms. The lowest BCUT2D eigenvalue weighted by atomic mass is 9.85. The Balaban J connectivity index is 1.97. The van der Waals surface area contributed by atoms with E-state index in [4.69, 9.17) is 10.6 Å². The average Bonchev–Trinajstić information content (AvgIpc) is 2.86. The van der Waals surface area contributed by atoms with Crippen molar-refractivity contribution in [1.29, 1.82) is 0 Å². The lowest BCUT2D eigenvalue weighted by molar-refractivity contribution is 0.245. The van der Waals surface area contributed by atoms with E-state index in [1.807, 2.05) is 37.5 Å². The van der Waals surface area contributed by atoms with Gasteiger partial charge in [0, 0.05) is 19.2 Å². The zero-order valence-electron chi connectivity index (χ0n) is 10.9. The second-order valence-electron chi connectivity index (χ2n) is 4.84. The van der Waals surface area contributed by atoms with Gasteiger partial charge in [-0.2, -0.15) is 5.10 Å². The highest BCUT2D eigenvalue weighted by Crippen LogP contribution is 2.40. The van der Waals surface area contributed by atoms with Gasteiger partial charge in [0.1, 0.15) is 5.75 Å². The first-order valence-corrected chi connectivity index (χ1v) is 6.47. The number of rotatable bonds is 3. The molecule has 0 bridgehead atoms. The van der Waals surface area contributed by atoms with Crippen LogP contribution in [0.5, 0.6) is 5.75 Å². The number of fused-ring (bicyclic) bond motifs is 1. The molecule has 3 rings (SSSR count). The van der Waals surface area contributed by atoms with E-state index in [1.54, 1.807) is 4.68 Å². The van der Waals surface area contributed by atoms with Crippen LogP contribution in [0.25, 0.3) is 0 Å². The second-order valence-corrected chi connectivity index (χ2v) is 4.84. The molecule has 2 atom stereocenters. The smallest absolute Gasteiger partial charge is 0.122 e. The maximum Gasteiger partial charge on any atom is 0.122 e. The molecular formula is C14H18N4O. The highest BCUT2D eigenvalue weighted by molar-refractivity contribution is 5.39. The van der Waals surface area contributed by atoms with Crippen molar-refractivity contribution in [1.82, 2.24) is 15.2 Å². The predicted octanol–water partition coefficient (Wildman–Crippen LogP) is 1.49. The molecule has 0 fully saturated rings. The van der Waals surface area contributed by atoms with E-state index in [-0.39, 0.29) is 12.0 Å². The fourth-order valence-electron chi connectivity index (χ4n) is 2.72. The Bertz CT molecular complexity index is 566. The van der Waals surface area contributed by atoms with E-state index < -0.39 is 0 Å². The van der Waals surface area contributed by atoms with Crippen molar-refractivity contribution in [3.8, 4) is 5.75 Å². The van der Waals surface area contributed by atoms with Crippen molar-refractivity contribution >= 4 is 0 Å². The van der Waals surface area contributed by atoms with Crippen molar-refractivity contribution < 1.29 is 4.74 Å². The third-order valence-corrected chi connectivity index (χ3v) is 3.64. The van der Waals surface area contributed by atoms with E-state index in [0.717, 1.165) is 17.9 Å². The van der Waals surface area contributed by atoms with Crippen LogP contribution in [0.1, 0.15) is 29.6 Å². The van der Waals surface area contributed by atoms with Crippen LogP contribution in [0.2, 0.25) is 0 Å². The highest BCUT2D eigenvalue weighted by atomic mass is 16.5. The summed E-state index contributed by atoms with van der Waals surface area (Å²) < 4.78 is 7.49. The topological polar surface area (TPSA) is 65.1 Å². The molecule has 5 nitrogen and oxygen atoms in total. The average molecular weight is 258 g/mol. The lowest BCUT2D eigenvalue weighted by Gasteiger charge is -2.31. The number of nitrogens with zero attached hydrogens (tertiary/aromatic N) is 2. The number of benzene rings is 1. The van der Waals surface area contributed by atoms with Gasteiger partial charge in [-0.1, -0.05) is 18.2 Å². The highest BCUT2D eigenvalue weighted by Gasteiger charge is 2.30. The molecule has 0 spiro atoms. The summed E-state index contributed by atoms with van der Waals surface area (Å²) in [6, 6.07) is 10.1. The molecule has 1 aromatic heterocycles. The van der Waals surface area contributed by atoms with E-state index in [0.29, 0.717) is 6.61 Å². The summed E-state index contributed by atoms with van der Waals surface area (Å²) in [5, 5.41) is 4.46. The summed E-state index contributed by atoms with van der Waals surface area (Å²) in [5.74, 6) is 7.00. The molecule has 1 aromatic carbocycles. The molecule has 1 aliphatic heterocycles. The van der Waals surface area contributed by atoms with Gasteiger partial charge >= 0.3 is 0 Å². The number of para-hydroxylation sites is 1. The molecule has 0 amide bonds. The molecule has 100 valence electrons. The SMILES string of the molecule is Cn1ccc(C(NN)C2CCOc3ccccc32)n1. The molecule has 5 heteroatoms. The quantitative estimate of drug-likeness (QED) is 0.646. The van der Waals surface area contributed by atoms with Gasteiger partial charge in [0.25, 0.3) is 0 Å². The Morgan fingerprint density at radius 2 is 2.26 bits per heavy atom. The number of hydrogen-bond acceptors (Lipinski definition) is 4. The van der Waals surface area contributed by atoms with Gasteiger partial charge in [-0.15, -0.1) is 0 Å². The van der Waals surface area contributed by atoms with Crippen LogP contribution in [0, 0.1) is 0 Å². The van der Waals surface area contributed by atoms with Gasteiger partial charge in [-0.3, -0.25) is 16.0 Å². The third-order valence-electron chi connectivity index (χ3n) is 3.64. The van der Waals surface area contributed by atoms with Gasteiger partial charge in [-0.25, -0.2) is 0 Å². The molecule has 3 N–H and O–H groups in total. The third kappa shape index (κ3) is 2.22. The first-order valence-electron chi connectivity index (χ1n) is 6.47. The van der Waals surface area contributed by atoms with Crippen molar-refractivity contribution in [3.63, 3.8) is 0 Å². The molecule has 2 aromatic rings. The maximum atomic E-state index is 5.76. The Labute approximate surface area is 112 Å². The van der Waals surface area contributed by atoms with Crippen LogP contribution in [-0.4, -0.2) is 16.4 Å². The number of aryl methyl sites for hydroxylation is 1. The summed E-state index contributed by atoms with van der Waals surface area (Å²) in [7, 11) is 1.91. The summed E-state index contributed by atoms with van der Waals surface area (Å²) in [6.07, 6.45) is 2.87. The van der Waals surface area contributed by atoms with Gasteiger partial charge in [-0.05, 0) is 24.1 Å². The number of hydrogen-bond donors (Lipinski definition) is 2. The van der Waals surface area contributed by atoms with Crippen LogP contribution >= 0.6 is 0 Å². The van der Waals surface area contributed by atoms with E-state index in [2.05, 4.69) is 16.6 Å². The van der Waals surface area contributed by atoms with Gasteiger partial charge in [0.15, 0.2) is 0 Å². The zero-order chi connectivity index (χ0) is 13.2. The summed E-state index contributed by atoms with van der Waals surface area (Å²) in [4.78, 5) is 0. The van der Waals surface area contributed by atoms with Crippen LogP contribution in [-0.2, 0) is 7.05 Å². The summed E-state index contributed by atoms with van der Waals surface area (Å²) in [5.41, 5.74) is 5.07. The molecule has 1 aliphatic rings. The summed E-state index contributed by atoms with van der Waals surface area (Å²) in [6.45, 7) is 0.715. The van der Waals surface area contributed by atoms with Crippen LogP contribution in [0.15, 0.2) is 36.5 Å². The monoisotopic (exact) mass is 258 g/mol. The molecule has 0 saturated heterocycles. The fourth-order valence-corrected chi connectivity index (χ4v) is 2.72. The lowest BCUT2D eigenvalue weighted by Crippen LogP contribution is -2.35. The Hall–Kier alpha value is -1.85. The molecule has 0 saturated carbocycles. The Morgan fingerprint density at radius 1 is 1.42 bits per heavy atom. The standard InChI is InChI=1S/C14H18N4O/c1-18-8-6-12(17-18)14(16-15)11-7-9-19-13-5-3-2-4-10(11)13/h2-6,8,11,14,16H,7,9,15H2,1H3. The van der Waals surface area contributed by atoms with Gasteiger partial charge < -0.3 is 4.74 Å². The van der Waals surface area contributed by atoms with E-state index >= 15 is 0 Å². The molecule has 0 aliphatic carbocycles. The minimum atomic E-state index is 0.00579. The van der Waals surface area contributed by atoms with Crippen LogP contribution in [0.4, 0.5) is 0 Å². The molecule has 2 unspecified atom stereocenters. The number of nitrogens with one attached hydrogen (secondary N) is 1. The first kappa shape index (κ1) is 12.2. The predicted molar refractivity (Wildman–Crippen MR) is 72.6 cm³/mol. The molecule has 0 radical (unpaired) electrons. The minimum Gasteiger partial charge on any atom is -0.493 e. The largest absolute Gasteiger partial charge is 0.493 e. The number of aromatic nitrogens is 2. The van der Waals surface area contributed by atoms with Gasteiger partial charge in [0.2, 0.25) is 0 Å². The Kier molecular flexibility index (Phi) is 3.23.